The third kappa shape index (κ3) is 14.1. The van der Waals surface area contributed by atoms with E-state index in [-0.39, 0.29) is 78.5 Å². The number of nitrogens with one attached hydrogen (secondary N) is 2. The van der Waals surface area contributed by atoms with Gasteiger partial charge in [-0.05, 0) is 62.6 Å². The van der Waals surface area contributed by atoms with Crippen molar-refractivity contribution in [3.8, 4) is 0 Å². The van der Waals surface area contributed by atoms with E-state index in [1.807, 2.05) is 53.5 Å². The number of nitro groups is 1. The van der Waals surface area contributed by atoms with Crippen LogP contribution in [0.5, 0.6) is 0 Å². The molecule has 1 fully saturated rings. The molecule has 17 heteroatoms. The highest BCUT2D eigenvalue weighted by Gasteiger charge is 2.39. The molecule has 3 amide bonds. The molecule has 1 aromatic heterocycles. The number of carbonyl (C=O) groups excluding carboxylic acids is 4. The molecule has 16 nitrogen and oxygen atoms in total. The first-order valence-corrected chi connectivity index (χ1v) is 21.1. The van der Waals surface area contributed by atoms with Crippen molar-refractivity contribution < 1.29 is 43.8 Å². The van der Waals surface area contributed by atoms with Gasteiger partial charge >= 0.3 is 11.9 Å². The van der Waals surface area contributed by atoms with Gasteiger partial charge in [0.05, 0.1) is 16.9 Å². The summed E-state index contributed by atoms with van der Waals surface area (Å²) in [6.07, 6.45) is 2.32. The number of nitro benzene ring substituents is 1. The van der Waals surface area contributed by atoms with Gasteiger partial charge in [0.2, 0.25) is 11.8 Å². The van der Waals surface area contributed by atoms with Crippen LogP contribution in [0.1, 0.15) is 121 Å². The number of benzene rings is 1. The number of esters is 1. The Balaban J connectivity index is 1.86. The number of carboxylic acids is 1. The van der Waals surface area contributed by atoms with Crippen molar-refractivity contribution >= 4 is 46.7 Å². The van der Waals surface area contributed by atoms with Crippen LogP contribution in [0.15, 0.2) is 29.6 Å². The summed E-state index contributed by atoms with van der Waals surface area (Å²) < 4.78 is 5.66. The summed E-state index contributed by atoms with van der Waals surface area (Å²) in [4.78, 5) is 84.7. The number of hydrogen-bond donors (Lipinski definition) is 4. The molecule has 58 heavy (non-hydrogen) atoms. The standard InChI is InChI=1S/C41H62N6O10S/c1-9-26(6)36(44-38(51)32-12-10-11-17-45(32)8)40(52)46(23-57-35(49)18-24(2)3)33(25(4)5)21-34(48)39-43-31(22-58-39)37(50)42-29(19-27(7)41(53)54)20-28-13-15-30(16-14-28)47(55)56/h13-16,22,24-27,29,32-34,36,48H,9-12,17-21,23H2,1-8H3,(H,42,50)(H,44,51)(H,53,54)/t26-,27?,29+,32+,33+,34+,36-/m0/s1. The number of amides is 3. The molecule has 7 atom stereocenters. The number of rotatable bonds is 22. The maximum atomic E-state index is 14.6. The van der Waals surface area contributed by atoms with Crippen molar-refractivity contribution in [2.45, 2.75) is 130 Å². The molecule has 0 radical (unpaired) electrons. The predicted octanol–water partition coefficient (Wildman–Crippen LogP) is 5.34. The molecule has 1 aliphatic heterocycles. The number of thiazole rings is 1. The van der Waals surface area contributed by atoms with Crippen LogP contribution in [-0.4, -0.2) is 104 Å². The minimum Gasteiger partial charge on any atom is -0.481 e. The molecule has 2 aromatic rings. The second-order valence-electron chi connectivity index (χ2n) is 16.3. The topological polar surface area (TPSA) is 222 Å². The normalized spacial score (nSPS) is 17.7. The summed E-state index contributed by atoms with van der Waals surface area (Å²) in [5.74, 6) is -4.08. The number of aromatic nitrogens is 1. The number of likely N-dealkylation sites (tertiary alicyclic amines) is 1. The maximum Gasteiger partial charge on any atom is 0.307 e. The van der Waals surface area contributed by atoms with E-state index >= 15 is 0 Å². The minimum absolute atomic E-state index is 0.000370. The summed E-state index contributed by atoms with van der Waals surface area (Å²) in [5.41, 5.74) is 0.563. The summed E-state index contributed by atoms with van der Waals surface area (Å²) in [7, 11) is 1.90. The van der Waals surface area contributed by atoms with E-state index in [1.165, 1.54) is 29.3 Å². The lowest BCUT2D eigenvalue weighted by Crippen LogP contribution is -2.59. The Labute approximate surface area is 345 Å². The Kier molecular flexibility index (Phi) is 18.7. The molecule has 3 rings (SSSR count). The van der Waals surface area contributed by atoms with Gasteiger partial charge in [0.1, 0.15) is 22.8 Å². The summed E-state index contributed by atoms with van der Waals surface area (Å²) in [6, 6.07) is 3.16. The molecule has 0 saturated carbocycles. The summed E-state index contributed by atoms with van der Waals surface area (Å²) in [6.45, 7) is 13.3. The zero-order chi connectivity index (χ0) is 43.3. The highest BCUT2D eigenvalue weighted by Crippen LogP contribution is 2.29. The SMILES string of the molecule is CC[C@H](C)[C@H](NC(=O)[C@H]1CCCCN1C)C(=O)N(COC(=O)CC(C)C)[C@H](C[C@@H](O)c1nc(C(=O)N[C@@H](Cc2ccc([N+](=O)[O-])cc2)CC(C)C(=O)O)cs1)C(C)C. The Hall–Kier alpha value is -4.48. The fraction of sp³-hybridized carbons (Fsp3) is 0.659. The van der Waals surface area contributed by atoms with Crippen molar-refractivity contribution in [1.82, 2.24) is 25.4 Å². The van der Waals surface area contributed by atoms with Gasteiger partial charge in [0, 0.05) is 42.4 Å². The first-order chi connectivity index (χ1) is 27.3. The average molecular weight is 831 g/mol. The van der Waals surface area contributed by atoms with Gasteiger partial charge in [-0.15, -0.1) is 11.3 Å². The Morgan fingerprint density at radius 1 is 1.05 bits per heavy atom. The second-order valence-corrected chi connectivity index (χ2v) is 17.2. The lowest BCUT2D eigenvalue weighted by molar-refractivity contribution is -0.384. The molecule has 1 aromatic carbocycles. The van der Waals surface area contributed by atoms with Crippen LogP contribution < -0.4 is 10.6 Å². The number of hydrogen-bond acceptors (Lipinski definition) is 12. The third-order valence-corrected chi connectivity index (χ3v) is 11.7. The summed E-state index contributed by atoms with van der Waals surface area (Å²) in [5, 5.41) is 39.8. The summed E-state index contributed by atoms with van der Waals surface area (Å²) >= 11 is 1.05. The molecule has 1 unspecified atom stereocenters. The number of aliphatic hydroxyl groups excluding tert-OH is 1. The lowest BCUT2D eigenvalue weighted by atomic mass is 9.92. The fourth-order valence-electron chi connectivity index (χ4n) is 7.03. The van der Waals surface area contributed by atoms with Crippen LogP contribution in [0.4, 0.5) is 5.69 Å². The second kappa shape index (κ2) is 22.6. The highest BCUT2D eigenvalue weighted by molar-refractivity contribution is 7.09. The molecular formula is C41H62N6O10S. The first-order valence-electron chi connectivity index (χ1n) is 20.2. The van der Waals surface area contributed by atoms with Crippen molar-refractivity contribution in [2.75, 3.05) is 20.3 Å². The monoisotopic (exact) mass is 830 g/mol. The number of carboxylic acid groups (broad SMARTS) is 1. The fourth-order valence-corrected chi connectivity index (χ4v) is 7.82. The van der Waals surface area contributed by atoms with Gasteiger partial charge in [-0.1, -0.05) is 73.4 Å². The van der Waals surface area contributed by atoms with Crippen LogP contribution in [0, 0.1) is 33.8 Å². The number of aliphatic hydroxyl groups is 1. The van der Waals surface area contributed by atoms with Gasteiger partial charge in [-0.3, -0.25) is 39.0 Å². The van der Waals surface area contributed by atoms with E-state index < -0.39 is 58.8 Å². The van der Waals surface area contributed by atoms with E-state index in [2.05, 4.69) is 15.6 Å². The Morgan fingerprint density at radius 2 is 1.72 bits per heavy atom. The number of ether oxygens (including phenoxy) is 1. The zero-order valence-corrected chi connectivity index (χ0v) is 35.8. The van der Waals surface area contributed by atoms with Crippen LogP contribution in [0.3, 0.4) is 0 Å². The van der Waals surface area contributed by atoms with Gasteiger partial charge in [-0.25, -0.2) is 4.98 Å². The number of likely N-dealkylation sites (N-methyl/N-ethyl adjacent to an activating group) is 1. The minimum atomic E-state index is -1.24. The Bertz CT molecular complexity index is 1700. The van der Waals surface area contributed by atoms with Gasteiger partial charge < -0.3 is 30.5 Å². The van der Waals surface area contributed by atoms with E-state index in [0.29, 0.717) is 18.4 Å². The number of aliphatic carboxylic acids is 1. The number of carbonyl (C=O) groups is 5. The first kappa shape index (κ1) is 47.9. The van der Waals surface area contributed by atoms with E-state index in [0.717, 1.165) is 30.7 Å². The average Bonchev–Trinajstić information content (AvgIpc) is 3.67. The zero-order valence-electron chi connectivity index (χ0n) is 35.0. The number of piperidine rings is 1. The molecule has 1 aliphatic rings. The van der Waals surface area contributed by atoms with Crippen LogP contribution in [-0.2, 0) is 30.3 Å². The van der Waals surface area contributed by atoms with Gasteiger partial charge in [0.25, 0.3) is 11.6 Å². The molecular weight excluding hydrogens is 769 g/mol. The maximum absolute atomic E-state index is 14.6. The van der Waals surface area contributed by atoms with Gasteiger partial charge in [-0.2, -0.15) is 0 Å². The van der Waals surface area contributed by atoms with E-state index in [9.17, 15) is 44.3 Å². The third-order valence-electron chi connectivity index (χ3n) is 10.8. The van der Waals surface area contributed by atoms with E-state index in [4.69, 9.17) is 4.74 Å². The largest absolute Gasteiger partial charge is 0.481 e. The lowest BCUT2D eigenvalue weighted by Gasteiger charge is -2.39. The molecule has 4 N–H and O–H groups in total. The smallest absolute Gasteiger partial charge is 0.307 e. The predicted molar refractivity (Wildman–Crippen MR) is 219 cm³/mol. The highest BCUT2D eigenvalue weighted by atomic mass is 32.1. The molecule has 0 spiro atoms. The van der Waals surface area contributed by atoms with Gasteiger partial charge in [0.15, 0.2) is 6.73 Å². The van der Waals surface area contributed by atoms with Crippen molar-refractivity contribution in [3.05, 3.63) is 56.0 Å². The molecule has 322 valence electrons. The van der Waals surface area contributed by atoms with Crippen LogP contribution in [0.25, 0.3) is 0 Å². The molecule has 0 bridgehead atoms. The molecule has 2 heterocycles. The van der Waals surface area contributed by atoms with Crippen LogP contribution in [0.2, 0.25) is 0 Å². The van der Waals surface area contributed by atoms with Crippen molar-refractivity contribution in [2.24, 2.45) is 23.7 Å². The molecule has 1 saturated heterocycles. The van der Waals surface area contributed by atoms with Crippen molar-refractivity contribution in [1.29, 1.82) is 0 Å². The van der Waals surface area contributed by atoms with Crippen LogP contribution >= 0.6 is 11.3 Å². The Morgan fingerprint density at radius 3 is 2.29 bits per heavy atom. The number of nitrogens with zero attached hydrogens (tertiary/aromatic N) is 4. The quantitative estimate of drug-likeness (QED) is 0.0511. The number of non-ortho nitro benzene ring substituents is 1. The molecule has 0 aliphatic carbocycles. The van der Waals surface area contributed by atoms with E-state index in [1.54, 1.807) is 12.1 Å². The van der Waals surface area contributed by atoms with Crippen molar-refractivity contribution in [3.63, 3.8) is 0 Å².